The van der Waals surface area contributed by atoms with Gasteiger partial charge >= 0.3 is 5.97 Å². The molecule has 2 aromatic rings. The maximum atomic E-state index is 10.8. The molecular weight excluding hydrogens is 259 g/mol. The van der Waals surface area contributed by atoms with Crippen LogP contribution >= 0.6 is 23.2 Å². The number of carboxylic acid groups (broad SMARTS) is 1. The fourth-order valence-corrected chi connectivity index (χ4v) is 1.99. The van der Waals surface area contributed by atoms with Crippen molar-refractivity contribution in [1.29, 1.82) is 0 Å². The largest absolute Gasteiger partial charge is 0.478 e. The summed E-state index contributed by atoms with van der Waals surface area (Å²) in [5, 5.41) is 9.71. The van der Waals surface area contributed by atoms with Crippen molar-refractivity contribution in [2.24, 2.45) is 0 Å². The molecule has 2 rings (SSSR count). The van der Waals surface area contributed by atoms with Crippen LogP contribution in [0.5, 0.6) is 0 Å². The number of hydrogen-bond donors (Lipinski definition) is 1. The molecule has 0 aliphatic rings. The number of aromatic carboxylic acids is 1. The van der Waals surface area contributed by atoms with Crippen LogP contribution in [0.1, 0.15) is 10.4 Å². The predicted octanol–water partition coefficient (Wildman–Crippen LogP) is 4.36. The zero-order chi connectivity index (χ0) is 12.4. The maximum Gasteiger partial charge on any atom is 0.337 e. The van der Waals surface area contributed by atoms with Crippen molar-refractivity contribution in [1.82, 2.24) is 0 Å². The third kappa shape index (κ3) is 2.60. The van der Waals surface area contributed by atoms with E-state index in [2.05, 4.69) is 0 Å². The van der Waals surface area contributed by atoms with Gasteiger partial charge in [0.05, 0.1) is 10.6 Å². The van der Waals surface area contributed by atoms with E-state index in [1.165, 1.54) is 6.07 Å². The SMILES string of the molecule is O=C(O)c1ccc(-c2cccc(Cl)c2)cc1Cl. The van der Waals surface area contributed by atoms with E-state index in [0.717, 1.165) is 11.1 Å². The molecule has 1 N–H and O–H groups in total. The Hall–Kier alpha value is -1.51. The fraction of sp³-hybridized carbons (Fsp3) is 0. The summed E-state index contributed by atoms with van der Waals surface area (Å²) < 4.78 is 0. The first-order valence-corrected chi connectivity index (χ1v) is 5.62. The molecule has 4 heteroatoms. The van der Waals surface area contributed by atoms with Gasteiger partial charge in [-0.1, -0.05) is 41.4 Å². The molecule has 17 heavy (non-hydrogen) atoms. The van der Waals surface area contributed by atoms with Gasteiger partial charge in [-0.3, -0.25) is 0 Å². The van der Waals surface area contributed by atoms with Gasteiger partial charge in [0.2, 0.25) is 0 Å². The molecule has 0 fully saturated rings. The molecular formula is C13H8Cl2O2. The second-order valence-electron chi connectivity index (χ2n) is 3.51. The lowest BCUT2D eigenvalue weighted by molar-refractivity contribution is 0.0697. The van der Waals surface area contributed by atoms with Crippen molar-refractivity contribution >= 4 is 29.2 Å². The zero-order valence-electron chi connectivity index (χ0n) is 8.65. The topological polar surface area (TPSA) is 37.3 Å². The number of benzene rings is 2. The second-order valence-corrected chi connectivity index (χ2v) is 4.35. The quantitative estimate of drug-likeness (QED) is 0.877. The van der Waals surface area contributed by atoms with E-state index in [9.17, 15) is 4.79 Å². The van der Waals surface area contributed by atoms with Crippen LogP contribution in [0.15, 0.2) is 42.5 Å². The molecule has 0 saturated carbocycles. The molecule has 0 radical (unpaired) electrons. The van der Waals surface area contributed by atoms with Crippen molar-refractivity contribution in [2.75, 3.05) is 0 Å². The summed E-state index contributed by atoms with van der Waals surface area (Å²) in [7, 11) is 0. The van der Waals surface area contributed by atoms with Crippen LogP contribution in [0.3, 0.4) is 0 Å². The third-order valence-electron chi connectivity index (χ3n) is 2.36. The van der Waals surface area contributed by atoms with Gasteiger partial charge in [-0.25, -0.2) is 4.79 Å². The molecule has 2 nitrogen and oxygen atoms in total. The maximum absolute atomic E-state index is 10.8. The van der Waals surface area contributed by atoms with Crippen molar-refractivity contribution in [2.45, 2.75) is 0 Å². The zero-order valence-corrected chi connectivity index (χ0v) is 10.2. The van der Waals surface area contributed by atoms with Crippen molar-refractivity contribution in [3.8, 4) is 11.1 Å². The first-order chi connectivity index (χ1) is 8.08. The highest BCUT2D eigenvalue weighted by Crippen LogP contribution is 2.27. The highest BCUT2D eigenvalue weighted by atomic mass is 35.5. The highest BCUT2D eigenvalue weighted by molar-refractivity contribution is 6.34. The molecule has 0 saturated heterocycles. The number of halogens is 2. The van der Waals surface area contributed by atoms with E-state index in [4.69, 9.17) is 28.3 Å². The minimum Gasteiger partial charge on any atom is -0.478 e. The normalized spacial score (nSPS) is 10.2. The minimum absolute atomic E-state index is 0.0949. The van der Waals surface area contributed by atoms with Crippen molar-refractivity contribution < 1.29 is 9.90 Å². The third-order valence-corrected chi connectivity index (χ3v) is 2.91. The Bertz CT molecular complexity index is 579. The van der Waals surface area contributed by atoms with Gasteiger partial charge in [0.15, 0.2) is 0 Å². The molecule has 0 aliphatic heterocycles. The standard InChI is InChI=1S/C13H8Cl2O2/c14-10-3-1-2-8(6-10)9-4-5-11(13(16)17)12(15)7-9/h1-7H,(H,16,17). The van der Waals surface area contributed by atoms with Gasteiger partial charge in [-0.2, -0.15) is 0 Å². The van der Waals surface area contributed by atoms with Gasteiger partial charge < -0.3 is 5.11 Å². The monoisotopic (exact) mass is 266 g/mol. The van der Waals surface area contributed by atoms with Crippen LogP contribution in [0.2, 0.25) is 10.0 Å². The van der Waals surface area contributed by atoms with Crippen LogP contribution in [0.25, 0.3) is 11.1 Å². The Morgan fingerprint density at radius 1 is 1.00 bits per heavy atom. The van der Waals surface area contributed by atoms with Crippen LogP contribution in [0.4, 0.5) is 0 Å². The summed E-state index contributed by atoms with van der Waals surface area (Å²) in [4.78, 5) is 10.8. The van der Waals surface area contributed by atoms with E-state index in [1.807, 2.05) is 12.1 Å². The molecule has 0 aromatic heterocycles. The number of rotatable bonds is 2. The van der Waals surface area contributed by atoms with Gasteiger partial charge in [0.25, 0.3) is 0 Å². The number of carboxylic acids is 1. The van der Waals surface area contributed by atoms with Crippen molar-refractivity contribution in [3.05, 3.63) is 58.1 Å². The molecule has 0 spiro atoms. The van der Waals surface area contributed by atoms with Crippen LogP contribution in [0, 0.1) is 0 Å². The van der Waals surface area contributed by atoms with Crippen LogP contribution in [-0.4, -0.2) is 11.1 Å². The molecule has 0 amide bonds. The molecule has 0 atom stereocenters. The van der Waals surface area contributed by atoms with Crippen LogP contribution < -0.4 is 0 Å². The van der Waals surface area contributed by atoms with Crippen LogP contribution in [-0.2, 0) is 0 Å². The smallest absolute Gasteiger partial charge is 0.337 e. The average Bonchev–Trinajstić information content (AvgIpc) is 2.28. The Kier molecular flexibility index (Phi) is 3.36. The summed E-state index contributed by atoms with van der Waals surface area (Å²) in [6, 6.07) is 12.1. The Balaban J connectivity index is 2.48. The Morgan fingerprint density at radius 2 is 1.71 bits per heavy atom. The minimum atomic E-state index is -1.03. The Morgan fingerprint density at radius 3 is 2.29 bits per heavy atom. The summed E-state index contributed by atoms with van der Waals surface area (Å²) in [5.41, 5.74) is 1.83. The summed E-state index contributed by atoms with van der Waals surface area (Å²) in [5.74, 6) is -1.03. The molecule has 0 aliphatic carbocycles. The molecule has 0 bridgehead atoms. The first kappa shape index (κ1) is 12.0. The van der Waals surface area contributed by atoms with E-state index >= 15 is 0 Å². The van der Waals surface area contributed by atoms with E-state index in [-0.39, 0.29) is 10.6 Å². The molecule has 0 heterocycles. The number of hydrogen-bond acceptors (Lipinski definition) is 1. The van der Waals surface area contributed by atoms with Gasteiger partial charge in [0.1, 0.15) is 0 Å². The van der Waals surface area contributed by atoms with E-state index < -0.39 is 5.97 Å². The van der Waals surface area contributed by atoms with E-state index in [1.54, 1.807) is 24.3 Å². The lowest BCUT2D eigenvalue weighted by Gasteiger charge is -2.05. The lowest BCUT2D eigenvalue weighted by Crippen LogP contribution is -1.97. The summed E-state index contributed by atoms with van der Waals surface area (Å²) >= 11 is 11.8. The summed E-state index contributed by atoms with van der Waals surface area (Å²) in [6.07, 6.45) is 0. The lowest BCUT2D eigenvalue weighted by atomic mass is 10.0. The number of carbonyl (C=O) groups is 1. The highest BCUT2D eigenvalue weighted by Gasteiger charge is 2.09. The first-order valence-electron chi connectivity index (χ1n) is 4.87. The van der Waals surface area contributed by atoms with Crippen molar-refractivity contribution in [3.63, 3.8) is 0 Å². The predicted molar refractivity (Wildman–Crippen MR) is 68.9 cm³/mol. The average molecular weight is 267 g/mol. The second kappa shape index (κ2) is 4.78. The van der Waals surface area contributed by atoms with E-state index in [0.29, 0.717) is 5.02 Å². The molecule has 86 valence electrons. The summed E-state index contributed by atoms with van der Waals surface area (Å²) in [6.45, 7) is 0. The van der Waals surface area contributed by atoms with Gasteiger partial charge in [-0.05, 0) is 35.4 Å². The van der Waals surface area contributed by atoms with Gasteiger partial charge in [-0.15, -0.1) is 0 Å². The Labute approximate surface area is 108 Å². The molecule has 0 unspecified atom stereocenters. The van der Waals surface area contributed by atoms with Gasteiger partial charge in [0, 0.05) is 5.02 Å². The fourth-order valence-electron chi connectivity index (χ4n) is 1.54. The molecule has 2 aromatic carbocycles.